The number of amides is 4. The number of carbonyl (C=O) groups excluding carboxylic acids is 3. The summed E-state index contributed by atoms with van der Waals surface area (Å²) in [7, 11) is 0. The first-order valence-electron chi connectivity index (χ1n) is 13.7. The molecule has 0 radical (unpaired) electrons. The third-order valence-corrected chi connectivity index (χ3v) is 7.60. The molecule has 0 bridgehead atoms. The van der Waals surface area contributed by atoms with Crippen LogP contribution >= 0.6 is 11.6 Å². The SMILES string of the molecule is CC(=O)N(NCc1cccc(F)c1Cl)[C@@H](CCC(=O)N1C=Cn2ccnc2C1)CONC(=O)N1C=Cc2ccccc2C1. The predicted molar refractivity (Wildman–Crippen MR) is 157 cm³/mol. The first-order chi connectivity index (χ1) is 20.8. The van der Waals surface area contributed by atoms with Crippen molar-refractivity contribution < 1.29 is 23.6 Å². The van der Waals surface area contributed by atoms with Gasteiger partial charge < -0.3 is 9.47 Å². The Balaban J connectivity index is 1.23. The van der Waals surface area contributed by atoms with Gasteiger partial charge in [-0.25, -0.2) is 25.1 Å². The number of nitrogens with one attached hydrogen (secondary N) is 2. The second-order valence-corrected chi connectivity index (χ2v) is 10.4. The van der Waals surface area contributed by atoms with Crippen LogP contribution in [0.5, 0.6) is 0 Å². The number of urea groups is 1. The molecule has 0 spiro atoms. The number of carbonyl (C=O) groups is 3. The van der Waals surface area contributed by atoms with Crippen molar-refractivity contribution in [1.82, 2.24) is 35.3 Å². The molecule has 13 heteroatoms. The van der Waals surface area contributed by atoms with Crippen LogP contribution in [0.1, 0.15) is 42.3 Å². The minimum absolute atomic E-state index is 0.0441. The smallest absolute Gasteiger partial charge is 0.310 e. The zero-order chi connectivity index (χ0) is 30.3. The van der Waals surface area contributed by atoms with Crippen molar-refractivity contribution in [2.75, 3.05) is 6.61 Å². The Hall–Kier alpha value is -4.52. The second-order valence-electron chi connectivity index (χ2n) is 10.1. The van der Waals surface area contributed by atoms with Crippen molar-refractivity contribution in [1.29, 1.82) is 0 Å². The molecule has 3 aromatic rings. The van der Waals surface area contributed by atoms with Gasteiger partial charge in [-0.2, -0.15) is 0 Å². The topological polar surface area (TPSA) is 112 Å². The zero-order valence-electron chi connectivity index (χ0n) is 23.5. The summed E-state index contributed by atoms with van der Waals surface area (Å²) < 4.78 is 15.8. The number of nitrogens with zero attached hydrogens (tertiary/aromatic N) is 5. The molecule has 0 fully saturated rings. The molecule has 0 aliphatic carbocycles. The molecule has 0 unspecified atom stereocenters. The molecule has 2 N–H and O–H groups in total. The van der Waals surface area contributed by atoms with E-state index in [1.165, 1.54) is 29.0 Å². The van der Waals surface area contributed by atoms with Gasteiger partial charge in [-0.15, -0.1) is 0 Å². The number of benzene rings is 2. The Morgan fingerprint density at radius 1 is 1.09 bits per heavy atom. The average Bonchev–Trinajstić information content (AvgIpc) is 3.49. The molecule has 1 atom stereocenters. The number of hydrogen-bond acceptors (Lipinski definition) is 6. The van der Waals surface area contributed by atoms with Crippen LogP contribution in [-0.4, -0.2) is 54.9 Å². The second kappa shape index (κ2) is 13.6. The number of aromatic nitrogens is 2. The van der Waals surface area contributed by atoms with E-state index >= 15 is 0 Å². The first-order valence-corrected chi connectivity index (χ1v) is 14.1. The van der Waals surface area contributed by atoms with Crippen LogP contribution in [0.25, 0.3) is 12.3 Å². The van der Waals surface area contributed by atoms with E-state index in [1.807, 2.05) is 34.9 Å². The van der Waals surface area contributed by atoms with E-state index in [0.717, 1.165) is 17.0 Å². The minimum atomic E-state index is -0.678. The van der Waals surface area contributed by atoms with Gasteiger partial charge in [-0.05, 0) is 35.3 Å². The third kappa shape index (κ3) is 7.28. The molecule has 2 aliphatic rings. The highest BCUT2D eigenvalue weighted by Crippen LogP contribution is 2.21. The quantitative estimate of drug-likeness (QED) is 0.333. The maximum atomic E-state index is 14.0. The molecule has 4 amide bonds. The molecule has 2 aromatic carbocycles. The van der Waals surface area contributed by atoms with Crippen LogP contribution in [0.15, 0.2) is 67.3 Å². The van der Waals surface area contributed by atoms with Gasteiger partial charge in [0, 0.05) is 50.9 Å². The monoisotopic (exact) mass is 607 g/mol. The molecule has 0 saturated heterocycles. The molecule has 1 aromatic heterocycles. The van der Waals surface area contributed by atoms with E-state index in [0.29, 0.717) is 18.7 Å². The highest BCUT2D eigenvalue weighted by molar-refractivity contribution is 6.31. The third-order valence-electron chi connectivity index (χ3n) is 7.18. The Bertz CT molecular complexity index is 1560. The Morgan fingerprint density at radius 3 is 2.77 bits per heavy atom. The summed E-state index contributed by atoms with van der Waals surface area (Å²) >= 11 is 6.11. The number of hydrogen-bond donors (Lipinski definition) is 2. The largest absolute Gasteiger partial charge is 0.345 e. The van der Waals surface area contributed by atoms with Crippen LogP contribution in [0.4, 0.5) is 9.18 Å². The van der Waals surface area contributed by atoms with Gasteiger partial charge in [0.2, 0.25) is 11.8 Å². The van der Waals surface area contributed by atoms with E-state index in [1.54, 1.807) is 42.0 Å². The van der Waals surface area contributed by atoms with E-state index in [2.05, 4.69) is 15.9 Å². The fourth-order valence-corrected chi connectivity index (χ4v) is 5.04. The number of imidazole rings is 1. The van der Waals surface area contributed by atoms with Gasteiger partial charge in [0.15, 0.2) is 0 Å². The fraction of sp³-hybridized carbons (Fsp3) is 0.267. The van der Waals surface area contributed by atoms with Gasteiger partial charge >= 0.3 is 6.03 Å². The lowest BCUT2D eigenvalue weighted by Gasteiger charge is -2.32. The number of hydroxylamine groups is 1. The molecule has 43 heavy (non-hydrogen) atoms. The Morgan fingerprint density at radius 2 is 1.93 bits per heavy atom. The number of hydrazine groups is 1. The van der Waals surface area contributed by atoms with Crippen molar-refractivity contribution in [3.63, 3.8) is 0 Å². The summed E-state index contributed by atoms with van der Waals surface area (Å²) in [5, 5.41) is 1.26. The highest BCUT2D eigenvalue weighted by atomic mass is 35.5. The van der Waals surface area contributed by atoms with Crippen LogP contribution in [0.3, 0.4) is 0 Å². The molecular formula is C30H31ClFN7O4. The predicted octanol–water partition coefficient (Wildman–Crippen LogP) is 4.28. The van der Waals surface area contributed by atoms with Crippen molar-refractivity contribution in [2.24, 2.45) is 0 Å². The van der Waals surface area contributed by atoms with E-state index in [9.17, 15) is 18.8 Å². The van der Waals surface area contributed by atoms with Gasteiger partial charge in [0.1, 0.15) is 11.6 Å². The van der Waals surface area contributed by atoms with Crippen molar-refractivity contribution in [3.05, 3.63) is 101 Å². The summed E-state index contributed by atoms with van der Waals surface area (Å²) in [6.45, 7) is 1.96. The lowest BCUT2D eigenvalue weighted by Crippen LogP contribution is -2.51. The maximum Gasteiger partial charge on any atom is 0.345 e. The van der Waals surface area contributed by atoms with E-state index in [-0.39, 0.29) is 42.8 Å². The number of fused-ring (bicyclic) bond motifs is 2. The lowest BCUT2D eigenvalue weighted by molar-refractivity contribution is -0.139. The highest BCUT2D eigenvalue weighted by Gasteiger charge is 2.26. The normalized spacial score (nSPS) is 14.2. The summed E-state index contributed by atoms with van der Waals surface area (Å²) in [6.07, 6.45) is 10.7. The molecule has 11 nitrogen and oxygen atoms in total. The number of halogens is 2. The molecule has 224 valence electrons. The number of rotatable bonds is 10. The summed E-state index contributed by atoms with van der Waals surface area (Å²) in [6, 6.07) is 11.0. The van der Waals surface area contributed by atoms with Crippen molar-refractivity contribution in [2.45, 2.75) is 45.4 Å². The average molecular weight is 608 g/mol. The van der Waals surface area contributed by atoms with Crippen molar-refractivity contribution >= 4 is 41.7 Å². The Labute approximate surface area is 253 Å². The van der Waals surface area contributed by atoms with Crippen LogP contribution < -0.4 is 10.9 Å². The van der Waals surface area contributed by atoms with Gasteiger partial charge in [-0.3, -0.25) is 24.3 Å². The van der Waals surface area contributed by atoms with Gasteiger partial charge in [0.25, 0.3) is 0 Å². The lowest BCUT2D eigenvalue weighted by atomic mass is 10.0. The van der Waals surface area contributed by atoms with E-state index in [4.69, 9.17) is 16.4 Å². The molecule has 0 saturated carbocycles. The minimum Gasteiger partial charge on any atom is -0.310 e. The van der Waals surface area contributed by atoms with Crippen molar-refractivity contribution in [3.8, 4) is 0 Å². The molecule has 2 aliphatic heterocycles. The fourth-order valence-electron chi connectivity index (χ4n) is 4.85. The van der Waals surface area contributed by atoms with Crippen LogP contribution in [0, 0.1) is 5.82 Å². The molecule has 5 rings (SSSR count). The van der Waals surface area contributed by atoms with Gasteiger partial charge in [-0.1, -0.05) is 48.0 Å². The summed E-state index contributed by atoms with van der Waals surface area (Å²) in [5.41, 5.74) is 7.91. The first kappa shape index (κ1) is 30.0. The molecular weight excluding hydrogens is 577 g/mol. The summed E-state index contributed by atoms with van der Waals surface area (Å²) in [4.78, 5) is 51.6. The summed E-state index contributed by atoms with van der Waals surface area (Å²) in [5.74, 6) is -0.385. The Kier molecular flexibility index (Phi) is 9.50. The van der Waals surface area contributed by atoms with Gasteiger partial charge in [0.05, 0.1) is 30.8 Å². The van der Waals surface area contributed by atoms with Crippen LogP contribution in [-0.2, 0) is 34.1 Å². The van der Waals surface area contributed by atoms with E-state index < -0.39 is 17.9 Å². The molecule has 3 heterocycles. The standard InChI is InChI=1S/C30H31ClFN7O4/c1-21(40)39(34-17-23-7-4-8-26(32)29(23)31)25(9-10-28(41)37-16-15-36-14-12-33-27(36)19-37)20-43-35-30(42)38-13-11-22-5-2-3-6-24(22)18-38/h2-8,11-16,25,34H,9-10,17-20H2,1H3,(H,35,42)/t25-/m0/s1. The maximum absolute atomic E-state index is 14.0. The zero-order valence-corrected chi connectivity index (χ0v) is 24.2. The van der Waals surface area contributed by atoms with Crippen LogP contribution in [0.2, 0.25) is 5.02 Å².